The molecule has 0 saturated heterocycles. The summed E-state index contributed by atoms with van der Waals surface area (Å²) in [5.41, 5.74) is 5.20. The molecule has 4 aromatic rings. The van der Waals surface area contributed by atoms with Crippen LogP contribution in [0, 0.1) is 0 Å². The molecule has 0 bridgehead atoms. The number of fused-ring (bicyclic) bond motifs is 1. The highest BCUT2D eigenvalue weighted by molar-refractivity contribution is 5.99. The number of aromatic amines is 1. The highest BCUT2D eigenvalue weighted by atomic mass is 16.5. The maximum Gasteiger partial charge on any atom is 0.274 e. The van der Waals surface area contributed by atoms with E-state index in [1.165, 1.54) is 12.1 Å². The van der Waals surface area contributed by atoms with Gasteiger partial charge in [-0.3, -0.25) is 19.6 Å². The molecule has 0 aliphatic rings. The molecular weight excluding hydrogens is 444 g/mol. The van der Waals surface area contributed by atoms with Crippen molar-refractivity contribution in [3.05, 3.63) is 102 Å². The number of carbonyl (C=O) groups is 3. The molecule has 1 aromatic heterocycles. The molecule has 0 fully saturated rings. The topological polar surface area (TPSA) is 123 Å². The van der Waals surface area contributed by atoms with Crippen LogP contribution in [-0.2, 0) is 22.4 Å². The smallest absolute Gasteiger partial charge is 0.274 e. The molecule has 0 saturated carbocycles. The summed E-state index contributed by atoms with van der Waals surface area (Å²) in [7, 11) is 0. The van der Waals surface area contributed by atoms with Gasteiger partial charge in [0.1, 0.15) is 6.04 Å². The number of carbonyl (C=O) groups excluding carboxylic acids is 3. The Labute approximate surface area is 202 Å². The minimum absolute atomic E-state index is 0.219. The van der Waals surface area contributed by atoms with Crippen molar-refractivity contribution in [2.75, 3.05) is 5.32 Å². The third kappa shape index (κ3) is 6.13. The van der Waals surface area contributed by atoms with Gasteiger partial charge in [-0.2, -0.15) is 0 Å². The van der Waals surface area contributed by atoms with Gasteiger partial charge in [0.15, 0.2) is 0 Å². The maximum atomic E-state index is 13.2. The van der Waals surface area contributed by atoms with Crippen LogP contribution in [0.1, 0.15) is 27.9 Å². The lowest BCUT2D eigenvalue weighted by atomic mass is 10.0. The van der Waals surface area contributed by atoms with Gasteiger partial charge in [-0.05, 0) is 47.9 Å². The number of hydroxylamine groups is 1. The van der Waals surface area contributed by atoms with E-state index in [1.807, 2.05) is 60.8 Å². The van der Waals surface area contributed by atoms with Crippen LogP contribution in [0.4, 0.5) is 5.69 Å². The molecule has 3 aromatic carbocycles. The molecule has 35 heavy (non-hydrogen) atoms. The van der Waals surface area contributed by atoms with Gasteiger partial charge in [0, 0.05) is 41.2 Å². The molecule has 1 heterocycles. The third-order valence-corrected chi connectivity index (χ3v) is 5.75. The van der Waals surface area contributed by atoms with Crippen molar-refractivity contribution in [3.8, 4) is 0 Å². The van der Waals surface area contributed by atoms with Crippen molar-refractivity contribution >= 4 is 34.3 Å². The molecule has 0 radical (unpaired) electrons. The third-order valence-electron chi connectivity index (χ3n) is 5.75. The fourth-order valence-electron chi connectivity index (χ4n) is 3.90. The molecule has 5 N–H and O–H groups in total. The molecule has 0 aliphatic heterocycles. The highest BCUT2D eigenvalue weighted by Gasteiger charge is 2.23. The minimum atomic E-state index is -0.808. The second-order valence-corrected chi connectivity index (χ2v) is 8.18. The van der Waals surface area contributed by atoms with Gasteiger partial charge in [0.05, 0.1) is 0 Å². The van der Waals surface area contributed by atoms with E-state index >= 15 is 0 Å². The molecule has 0 spiro atoms. The number of amides is 3. The van der Waals surface area contributed by atoms with Crippen molar-refractivity contribution in [2.45, 2.75) is 25.3 Å². The first-order valence-corrected chi connectivity index (χ1v) is 11.3. The summed E-state index contributed by atoms with van der Waals surface area (Å²) in [4.78, 5) is 40.7. The van der Waals surface area contributed by atoms with Crippen LogP contribution in [0.5, 0.6) is 0 Å². The molecular formula is C27H26N4O4. The second kappa shape index (κ2) is 11.1. The fourth-order valence-corrected chi connectivity index (χ4v) is 3.90. The Kier molecular flexibility index (Phi) is 7.54. The SMILES string of the molecule is O=C(CCc1ccccc1)N[C@@H](Cc1c[nH]c2ccccc12)C(=O)Nc1ccc(C(=O)NO)cc1. The van der Waals surface area contributed by atoms with Crippen molar-refractivity contribution in [3.63, 3.8) is 0 Å². The largest absolute Gasteiger partial charge is 0.361 e. The van der Waals surface area contributed by atoms with Crippen LogP contribution in [0.2, 0.25) is 0 Å². The van der Waals surface area contributed by atoms with Crippen molar-refractivity contribution in [1.82, 2.24) is 15.8 Å². The predicted molar refractivity (Wildman–Crippen MR) is 133 cm³/mol. The van der Waals surface area contributed by atoms with Crippen molar-refractivity contribution in [2.24, 2.45) is 0 Å². The van der Waals surface area contributed by atoms with E-state index in [9.17, 15) is 14.4 Å². The number of nitrogens with one attached hydrogen (secondary N) is 4. The molecule has 0 aliphatic carbocycles. The van der Waals surface area contributed by atoms with E-state index in [0.29, 0.717) is 18.5 Å². The van der Waals surface area contributed by atoms with Gasteiger partial charge in [-0.1, -0.05) is 48.5 Å². The monoisotopic (exact) mass is 470 g/mol. The van der Waals surface area contributed by atoms with Crippen LogP contribution in [0.25, 0.3) is 10.9 Å². The molecule has 4 rings (SSSR count). The number of hydrogen-bond donors (Lipinski definition) is 5. The Balaban J connectivity index is 1.48. The summed E-state index contributed by atoms with van der Waals surface area (Å²) in [6.07, 6.45) is 2.98. The van der Waals surface area contributed by atoms with Gasteiger partial charge < -0.3 is 15.6 Å². The first-order valence-electron chi connectivity index (χ1n) is 11.3. The van der Waals surface area contributed by atoms with Crippen LogP contribution < -0.4 is 16.1 Å². The minimum Gasteiger partial charge on any atom is -0.361 e. The van der Waals surface area contributed by atoms with Crippen molar-refractivity contribution < 1.29 is 19.6 Å². The Morgan fingerprint density at radius 3 is 2.34 bits per heavy atom. The Morgan fingerprint density at radius 2 is 1.60 bits per heavy atom. The standard InChI is InChI=1S/C27H26N4O4/c32-25(15-10-18-6-2-1-3-7-18)30-24(16-20-17-28-23-9-5-4-8-22(20)23)27(34)29-21-13-11-19(12-14-21)26(33)31-35/h1-9,11-14,17,24,28,35H,10,15-16H2,(H,29,34)(H,30,32)(H,31,33)/t24-/m0/s1. The highest BCUT2D eigenvalue weighted by Crippen LogP contribution is 2.20. The lowest BCUT2D eigenvalue weighted by Gasteiger charge is -2.19. The summed E-state index contributed by atoms with van der Waals surface area (Å²) < 4.78 is 0. The summed E-state index contributed by atoms with van der Waals surface area (Å²) in [6.45, 7) is 0. The fraction of sp³-hybridized carbons (Fsp3) is 0.148. The zero-order valence-corrected chi connectivity index (χ0v) is 19.0. The number of benzene rings is 3. The Morgan fingerprint density at radius 1 is 0.886 bits per heavy atom. The normalized spacial score (nSPS) is 11.6. The van der Waals surface area contributed by atoms with Gasteiger partial charge in [-0.15, -0.1) is 0 Å². The number of aromatic nitrogens is 1. The van der Waals surface area contributed by atoms with Crippen molar-refractivity contribution in [1.29, 1.82) is 0 Å². The van der Waals surface area contributed by atoms with E-state index in [4.69, 9.17) is 5.21 Å². The number of aryl methyl sites for hydroxylation is 1. The zero-order valence-electron chi connectivity index (χ0n) is 19.0. The summed E-state index contributed by atoms with van der Waals surface area (Å²) >= 11 is 0. The first kappa shape index (κ1) is 23.7. The van der Waals surface area contributed by atoms with Gasteiger partial charge in [-0.25, -0.2) is 5.48 Å². The van der Waals surface area contributed by atoms with Gasteiger partial charge >= 0.3 is 0 Å². The molecule has 3 amide bonds. The summed E-state index contributed by atoms with van der Waals surface area (Å²) in [5.74, 6) is -1.24. The number of hydrogen-bond acceptors (Lipinski definition) is 4. The van der Waals surface area contributed by atoms with Crippen LogP contribution in [-0.4, -0.2) is 34.0 Å². The van der Waals surface area contributed by atoms with E-state index < -0.39 is 11.9 Å². The van der Waals surface area contributed by atoms with Crippen LogP contribution in [0.15, 0.2) is 85.1 Å². The molecule has 1 atom stereocenters. The zero-order chi connectivity index (χ0) is 24.6. The van der Waals surface area contributed by atoms with Crippen LogP contribution >= 0.6 is 0 Å². The maximum absolute atomic E-state index is 13.2. The predicted octanol–water partition coefficient (Wildman–Crippen LogP) is 3.59. The lowest BCUT2D eigenvalue weighted by Crippen LogP contribution is -2.45. The van der Waals surface area contributed by atoms with E-state index in [-0.39, 0.29) is 23.8 Å². The molecule has 178 valence electrons. The number of para-hydroxylation sites is 1. The van der Waals surface area contributed by atoms with E-state index in [2.05, 4.69) is 15.6 Å². The Bertz CT molecular complexity index is 1320. The quantitative estimate of drug-likeness (QED) is 0.189. The molecule has 0 unspecified atom stereocenters. The summed E-state index contributed by atoms with van der Waals surface area (Å²) in [6, 6.07) is 22.8. The average molecular weight is 471 g/mol. The van der Waals surface area contributed by atoms with Crippen LogP contribution in [0.3, 0.4) is 0 Å². The second-order valence-electron chi connectivity index (χ2n) is 8.18. The molecule has 8 heteroatoms. The van der Waals surface area contributed by atoms with Gasteiger partial charge in [0.2, 0.25) is 11.8 Å². The lowest BCUT2D eigenvalue weighted by molar-refractivity contribution is -0.126. The first-order chi connectivity index (χ1) is 17.0. The molecule has 8 nitrogen and oxygen atoms in total. The number of rotatable bonds is 9. The number of H-pyrrole nitrogens is 1. The van der Waals surface area contributed by atoms with E-state index in [1.54, 1.807) is 17.6 Å². The Hall–Kier alpha value is -4.43. The van der Waals surface area contributed by atoms with Gasteiger partial charge in [0.25, 0.3) is 5.91 Å². The number of anilines is 1. The average Bonchev–Trinajstić information content (AvgIpc) is 3.30. The van der Waals surface area contributed by atoms with E-state index in [0.717, 1.165) is 22.0 Å². The summed E-state index contributed by atoms with van der Waals surface area (Å²) in [5, 5.41) is 15.4.